The molecule has 4 rings (SSSR count). The van der Waals surface area contributed by atoms with Crippen LogP contribution in [0.25, 0.3) is 16.5 Å². The van der Waals surface area contributed by atoms with E-state index in [0.717, 1.165) is 5.69 Å². The minimum absolute atomic E-state index is 0.171. The van der Waals surface area contributed by atoms with E-state index >= 15 is 0 Å². The van der Waals surface area contributed by atoms with E-state index in [-0.39, 0.29) is 11.4 Å². The van der Waals surface area contributed by atoms with E-state index in [0.29, 0.717) is 39.5 Å². The fraction of sp³-hybridized carbons (Fsp3) is 0.136. The van der Waals surface area contributed by atoms with Gasteiger partial charge < -0.3 is 9.84 Å². The lowest BCUT2D eigenvalue weighted by atomic mass is 10.1. The van der Waals surface area contributed by atoms with Gasteiger partial charge in [0, 0.05) is 22.4 Å². The summed E-state index contributed by atoms with van der Waals surface area (Å²) in [5.74, 6) is 0.528. The van der Waals surface area contributed by atoms with Crippen LogP contribution < -0.4 is 10.3 Å². The van der Waals surface area contributed by atoms with Gasteiger partial charge >= 0.3 is 0 Å². The molecule has 1 N–H and O–H groups in total. The Balaban J connectivity index is 1.91. The molecule has 0 spiro atoms. The lowest BCUT2D eigenvalue weighted by Gasteiger charge is -2.14. The average Bonchev–Trinajstić information content (AvgIpc) is 3.14. The Bertz CT molecular complexity index is 1260. The monoisotopic (exact) mass is 405 g/mol. The molecule has 29 heavy (non-hydrogen) atoms. The molecular weight excluding hydrogens is 386 g/mol. The van der Waals surface area contributed by atoms with Gasteiger partial charge in [0.25, 0.3) is 5.56 Å². The molecule has 0 unspecified atom stereocenters. The Kier molecular flexibility index (Phi) is 5.14. The fourth-order valence-corrected chi connectivity index (χ4v) is 3.75. The maximum absolute atomic E-state index is 13.1. The molecule has 0 fully saturated rings. The number of aromatic hydroxyl groups is 1. The Morgan fingerprint density at radius 3 is 2.55 bits per heavy atom. The third kappa shape index (κ3) is 3.64. The van der Waals surface area contributed by atoms with E-state index in [1.54, 1.807) is 48.7 Å². The van der Waals surface area contributed by atoms with Crippen molar-refractivity contribution in [1.29, 1.82) is 0 Å². The first kappa shape index (κ1) is 18.9. The molecule has 0 atom stereocenters. The Morgan fingerprint density at radius 2 is 1.90 bits per heavy atom. The van der Waals surface area contributed by atoms with Crippen molar-refractivity contribution in [2.75, 3.05) is 6.61 Å². The molecule has 0 saturated heterocycles. The molecule has 146 valence electrons. The van der Waals surface area contributed by atoms with Gasteiger partial charge in [-0.05, 0) is 44.2 Å². The molecule has 7 heteroatoms. The zero-order valence-corrected chi connectivity index (χ0v) is 16.8. The second kappa shape index (κ2) is 7.89. The van der Waals surface area contributed by atoms with Gasteiger partial charge in [0.05, 0.1) is 23.6 Å². The van der Waals surface area contributed by atoms with Crippen molar-refractivity contribution in [3.63, 3.8) is 0 Å². The van der Waals surface area contributed by atoms with Crippen LogP contribution in [-0.2, 0) is 0 Å². The maximum atomic E-state index is 13.1. The number of hydrogen-bond acceptors (Lipinski definition) is 6. The number of ether oxygens (including phenoxy) is 1. The lowest BCUT2D eigenvalue weighted by Crippen LogP contribution is -2.20. The minimum Gasteiger partial charge on any atom is -0.494 e. The summed E-state index contributed by atoms with van der Waals surface area (Å²) >= 11 is 1.42. The van der Waals surface area contributed by atoms with Crippen LogP contribution in [0.15, 0.2) is 63.7 Å². The van der Waals surface area contributed by atoms with Crippen molar-refractivity contribution in [1.82, 2.24) is 9.55 Å². The molecule has 0 bridgehead atoms. The summed E-state index contributed by atoms with van der Waals surface area (Å²) in [5, 5.41) is 14.6. The van der Waals surface area contributed by atoms with E-state index in [1.165, 1.54) is 15.9 Å². The summed E-state index contributed by atoms with van der Waals surface area (Å²) in [5.41, 5.74) is 1.59. The summed E-state index contributed by atoms with van der Waals surface area (Å²) in [7, 11) is 0. The van der Waals surface area contributed by atoms with Crippen LogP contribution in [0.2, 0.25) is 0 Å². The van der Waals surface area contributed by atoms with Crippen LogP contribution >= 0.6 is 11.3 Å². The quantitative estimate of drug-likeness (QED) is 0.492. The van der Waals surface area contributed by atoms with Crippen molar-refractivity contribution in [3.8, 4) is 17.3 Å². The molecule has 2 aromatic heterocycles. The summed E-state index contributed by atoms with van der Waals surface area (Å²) in [6, 6.07) is 14.2. The van der Waals surface area contributed by atoms with Crippen molar-refractivity contribution in [3.05, 3.63) is 75.5 Å². The summed E-state index contributed by atoms with van der Waals surface area (Å²) < 4.78 is 6.75. The average molecular weight is 405 g/mol. The number of aryl methyl sites for hydroxylation is 1. The largest absolute Gasteiger partial charge is 0.494 e. The van der Waals surface area contributed by atoms with E-state index in [4.69, 9.17) is 4.74 Å². The van der Waals surface area contributed by atoms with Gasteiger partial charge in [0.2, 0.25) is 11.0 Å². The number of aromatic nitrogens is 2. The Morgan fingerprint density at radius 1 is 1.17 bits per heavy atom. The zero-order chi connectivity index (χ0) is 20.4. The van der Waals surface area contributed by atoms with Gasteiger partial charge in [-0.25, -0.2) is 14.5 Å². The highest BCUT2D eigenvalue weighted by Crippen LogP contribution is 2.28. The van der Waals surface area contributed by atoms with Crippen LogP contribution in [0.5, 0.6) is 11.6 Å². The van der Waals surface area contributed by atoms with Crippen molar-refractivity contribution in [2.24, 2.45) is 4.99 Å². The predicted octanol–water partition coefficient (Wildman–Crippen LogP) is 4.61. The molecule has 0 amide bonds. The van der Waals surface area contributed by atoms with Gasteiger partial charge in [-0.15, -0.1) is 11.3 Å². The van der Waals surface area contributed by atoms with Crippen LogP contribution in [0.3, 0.4) is 0 Å². The highest BCUT2D eigenvalue weighted by atomic mass is 32.1. The third-order valence-corrected chi connectivity index (χ3v) is 5.29. The van der Waals surface area contributed by atoms with Gasteiger partial charge in [-0.3, -0.25) is 4.79 Å². The highest BCUT2D eigenvalue weighted by Gasteiger charge is 2.16. The molecule has 4 aromatic rings. The summed E-state index contributed by atoms with van der Waals surface area (Å²) in [6.07, 6.45) is 1.56. The molecule has 0 radical (unpaired) electrons. The molecular formula is C22H19N3O3S. The lowest BCUT2D eigenvalue weighted by molar-refractivity contribution is 0.340. The number of nitrogens with zero attached hydrogens (tertiary/aromatic N) is 3. The molecule has 6 nitrogen and oxygen atoms in total. The molecule has 2 aromatic carbocycles. The summed E-state index contributed by atoms with van der Waals surface area (Å²) in [6.45, 7) is 4.36. The highest BCUT2D eigenvalue weighted by molar-refractivity contribution is 7.13. The van der Waals surface area contributed by atoms with Gasteiger partial charge in [0.1, 0.15) is 5.75 Å². The van der Waals surface area contributed by atoms with E-state index in [9.17, 15) is 9.90 Å². The number of benzene rings is 2. The topological polar surface area (TPSA) is 76.7 Å². The molecule has 0 aliphatic carbocycles. The molecule has 0 saturated carbocycles. The zero-order valence-electron chi connectivity index (χ0n) is 16.0. The standard InChI is InChI=1S/C22H19N3O3S/c1-3-28-16-10-8-15(9-11-16)25-20(26)18-7-5-4-6-17(18)19(21(25)27)12-23-22-24-14(2)13-29-22/h4-13,27H,3H2,1-2H3/b23-12+. The third-order valence-electron chi connectivity index (χ3n) is 4.42. The Hall–Kier alpha value is -3.45. The number of fused-ring (bicyclic) bond motifs is 1. The number of thiazole rings is 1. The number of pyridine rings is 1. The van der Waals surface area contributed by atoms with E-state index < -0.39 is 0 Å². The predicted molar refractivity (Wildman–Crippen MR) is 116 cm³/mol. The molecule has 0 aliphatic heterocycles. The molecule has 2 heterocycles. The van der Waals surface area contributed by atoms with Crippen LogP contribution in [0.1, 0.15) is 18.2 Å². The SMILES string of the molecule is CCOc1ccc(-n2c(O)c(/C=N/c3nc(C)cs3)c3ccccc3c2=O)cc1. The first-order valence-corrected chi connectivity index (χ1v) is 10.0. The van der Waals surface area contributed by atoms with Crippen LogP contribution in [0.4, 0.5) is 5.13 Å². The van der Waals surface area contributed by atoms with Crippen molar-refractivity contribution in [2.45, 2.75) is 13.8 Å². The van der Waals surface area contributed by atoms with Gasteiger partial charge in [-0.2, -0.15) is 0 Å². The van der Waals surface area contributed by atoms with Crippen LogP contribution in [0, 0.1) is 6.92 Å². The normalized spacial score (nSPS) is 11.4. The number of hydrogen-bond donors (Lipinski definition) is 1. The molecule has 0 aliphatic rings. The van der Waals surface area contributed by atoms with Crippen molar-refractivity contribution >= 4 is 33.5 Å². The minimum atomic E-state index is -0.301. The van der Waals surface area contributed by atoms with Gasteiger partial charge in [0.15, 0.2) is 0 Å². The summed E-state index contributed by atoms with van der Waals surface area (Å²) in [4.78, 5) is 21.8. The fourth-order valence-electron chi connectivity index (χ4n) is 3.11. The maximum Gasteiger partial charge on any atom is 0.265 e. The second-order valence-electron chi connectivity index (χ2n) is 6.38. The van der Waals surface area contributed by atoms with Crippen LogP contribution in [-0.4, -0.2) is 27.5 Å². The van der Waals surface area contributed by atoms with E-state index in [1.807, 2.05) is 25.3 Å². The van der Waals surface area contributed by atoms with E-state index in [2.05, 4.69) is 9.98 Å². The Labute approximate surface area is 171 Å². The number of rotatable bonds is 5. The van der Waals surface area contributed by atoms with Gasteiger partial charge in [-0.1, -0.05) is 18.2 Å². The number of aliphatic imine (C=N–C) groups is 1. The smallest absolute Gasteiger partial charge is 0.265 e. The first-order chi connectivity index (χ1) is 14.1. The van der Waals surface area contributed by atoms with Crippen molar-refractivity contribution < 1.29 is 9.84 Å². The first-order valence-electron chi connectivity index (χ1n) is 9.14. The second-order valence-corrected chi connectivity index (χ2v) is 7.22.